The predicted octanol–water partition coefficient (Wildman–Crippen LogP) is -0.600. The molecule has 6 nitrogen and oxygen atoms in total. The number of aliphatic hydroxyl groups excluding tert-OH is 1. The van der Waals surface area contributed by atoms with Crippen LogP contribution in [0.5, 0.6) is 0 Å². The van der Waals surface area contributed by atoms with E-state index in [4.69, 9.17) is 14.2 Å². The van der Waals surface area contributed by atoms with Gasteiger partial charge in [0.2, 0.25) is 0 Å². The normalized spacial score (nSPS) is 32.3. The standard InChI is InChI=1S/C12H21NO5/c1-12(2)8-13(5-9(6-14)18-12)11(15)10-7-16-3-4-17-10/h9-10,14H,3-8H2,1-2H3. The van der Waals surface area contributed by atoms with Gasteiger partial charge >= 0.3 is 0 Å². The Bertz CT molecular complexity index is 301. The van der Waals surface area contributed by atoms with Crippen LogP contribution in [0.1, 0.15) is 13.8 Å². The Morgan fingerprint density at radius 2 is 2.22 bits per heavy atom. The van der Waals surface area contributed by atoms with Crippen LogP contribution in [0, 0.1) is 0 Å². The minimum atomic E-state index is -0.521. The third-order valence-electron chi connectivity index (χ3n) is 3.09. The highest BCUT2D eigenvalue weighted by Gasteiger charge is 2.38. The molecular formula is C12H21NO5. The molecule has 2 unspecified atom stereocenters. The Kier molecular flexibility index (Phi) is 4.21. The van der Waals surface area contributed by atoms with Gasteiger partial charge in [-0.2, -0.15) is 0 Å². The van der Waals surface area contributed by atoms with Gasteiger partial charge in [-0.1, -0.05) is 0 Å². The zero-order chi connectivity index (χ0) is 13.2. The molecule has 6 heteroatoms. The maximum atomic E-state index is 12.3. The molecule has 2 heterocycles. The Labute approximate surface area is 107 Å². The first-order valence-corrected chi connectivity index (χ1v) is 6.28. The average Bonchev–Trinajstić information content (AvgIpc) is 2.37. The second-order valence-corrected chi connectivity index (χ2v) is 5.34. The molecule has 18 heavy (non-hydrogen) atoms. The van der Waals surface area contributed by atoms with E-state index in [1.807, 2.05) is 13.8 Å². The minimum absolute atomic E-state index is 0.0791. The number of aliphatic hydroxyl groups is 1. The van der Waals surface area contributed by atoms with E-state index in [-0.39, 0.29) is 18.6 Å². The summed E-state index contributed by atoms with van der Waals surface area (Å²) >= 11 is 0. The lowest BCUT2D eigenvalue weighted by Gasteiger charge is -2.43. The van der Waals surface area contributed by atoms with Crippen molar-refractivity contribution < 1.29 is 24.1 Å². The fraction of sp³-hybridized carbons (Fsp3) is 0.917. The molecule has 2 aliphatic heterocycles. The molecule has 1 N–H and O–H groups in total. The summed E-state index contributed by atoms with van der Waals surface area (Å²) in [5, 5.41) is 9.21. The number of ether oxygens (including phenoxy) is 3. The summed E-state index contributed by atoms with van der Waals surface area (Å²) in [4.78, 5) is 14.0. The van der Waals surface area contributed by atoms with Gasteiger partial charge in [-0.05, 0) is 13.8 Å². The molecule has 0 spiro atoms. The SMILES string of the molecule is CC1(C)CN(C(=O)C2COCCO2)CC(CO)O1. The van der Waals surface area contributed by atoms with Crippen LogP contribution >= 0.6 is 0 Å². The molecular weight excluding hydrogens is 238 g/mol. The minimum Gasteiger partial charge on any atom is -0.394 e. The summed E-state index contributed by atoms with van der Waals surface area (Å²) in [7, 11) is 0. The number of nitrogens with zero attached hydrogens (tertiary/aromatic N) is 1. The fourth-order valence-corrected chi connectivity index (χ4v) is 2.39. The number of rotatable bonds is 2. The lowest BCUT2D eigenvalue weighted by molar-refractivity contribution is -0.182. The van der Waals surface area contributed by atoms with Crippen molar-refractivity contribution in [3.63, 3.8) is 0 Å². The first-order valence-electron chi connectivity index (χ1n) is 6.28. The largest absolute Gasteiger partial charge is 0.394 e. The van der Waals surface area contributed by atoms with Crippen LogP contribution in [0.15, 0.2) is 0 Å². The van der Waals surface area contributed by atoms with Crippen molar-refractivity contribution in [3.8, 4) is 0 Å². The van der Waals surface area contributed by atoms with Gasteiger partial charge in [0.1, 0.15) is 0 Å². The fourth-order valence-electron chi connectivity index (χ4n) is 2.39. The second-order valence-electron chi connectivity index (χ2n) is 5.34. The third-order valence-corrected chi connectivity index (χ3v) is 3.09. The molecule has 2 fully saturated rings. The van der Waals surface area contributed by atoms with Crippen LogP contribution in [0.2, 0.25) is 0 Å². The summed E-state index contributed by atoms with van der Waals surface area (Å²) in [6.45, 7) is 5.93. The number of hydrogen-bond acceptors (Lipinski definition) is 5. The van der Waals surface area contributed by atoms with Crippen LogP contribution in [-0.2, 0) is 19.0 Å². The van der Waals surface area contributed by atoms with Crippen LogP contribution < -0.4 is 0 Å². The van der Waals surface area contributed by atoms with Crippen LogP contribution in [-0.4, -0.2) is 73.2 Å². The molecule has 1 amide bonds. The zero-order valence-electron chi connectivity index (χ0n) is 10.9. The summed E-state index contributed by atoms with van der Waals surface area (Å²) in [5.41, 5.74) is -0.448. The van der Waals surface area contributed by atoms with Crippen LogP contribution in [0.25, 0.3) is 0 Å². The third kappa shape index (κ3) is 3.20. The Hall–Kier alpha value is -0.690. The first-order chi connectivity index (χ1) is 8.52. The van der Waals surface area contributed by atoms with Crippen molar-refractivity contribution in [2.45, 2.75) is 31.7 Å². The highest BCUT2D eigenvalue weighted by atomic mass is 16.6. The molecule has 2 rings (SSSR count). The molecule has 0 aromatic rings. The first kappa shape index (κ1) is 13.7. The van der Waals surface area contributed by atoms with Crippen molar-refractivity contribution >= 4 is 5.91 Å². The quantitative estimate of drug-likeness (QED) is 0.717. The van der Waals surface area contributed by atoms with E-state index in [9.17, 15) is 9.90 Å². The monoisotopic (exact) mass is 259 g/mol. The van der Waals surface area contributed by atoms with Gasteiger partial charge in [0.15, 0.2) is 6.10 Å². The van der Waals surface area contributed by atoms with Crippen molar-refractivity contribution in [3.05, 3.63) is 0 Å². The molecule has 2 saturated heterocycles. The molecule has 0 radical (unpaired) electrons. The Morgan fingerprint density at radius 1 is 1.44 bits per heavy atom. The number of carbonyl (C=O) groups excluding carboxylic acids is 1. The van der Waals surface area contributed by atoms with Crippen molar-refractivity contribution in [2.75, 3.05) is 39.5 Å². The number of hydrogen-bond donors (Lipinski definition) is 1. The average molecular weight is 259 g/mol. The van der Waals surface area contributed by atoms with Gasteiger partial charge in [-0.3, -0.25) is 4.79 Å². The predicted molar refractivity (Wildman–Crippen MR) is 63.2 cm³/mol. The second kappa shape index (κ2) is 5.52. The van der Waals surface area contributed by atoms with E-state index in [0.717, 1.165) is 0 Å². The maximum absolute atomic E-state index is 12.3. The van der Waals surface area contributed by atoms with Crippen LogP contribution in [0.4, 0.5) is 0 Å². The van der Waals surface area contributed by atoms with Crippen molar-refractivity contribution in [1.82, 2.24) is 4.90 Å². The molecule has 0 aromatic carbocycles. The van der Waals surface area contributed by atoms with Gasteiger partial charge < -0.3 is 24.2 Å². The highest BCUT2D eigenvalue weighted by molar-refractivity contribution is 5.81. The van der Waals surface area contributed by atoms with E-state index >= 15 is 0 Å². The van der Waals surface area contributed by atoms with E-state index < -0.39 is 11.7 Å². The summed E-state index contributed by atoms with van der Waals surface area (Å²) in [6.07, 6.45) is -0.853. The number of morpholine rings is 1. The Balaban J connectivity index is 1.99. The van der Waals surface area contributed by atoms with E-state index in [1.165, 1.54) is 0 Å². The van der Waals surface area contributed by atoms with E-state index in [2.05, 4.69) is 0 Å². The lowest BCUT2D eigenvalue weighted by atomic mass is 10.0. The molecule has 0 aromatic heterocycles. The lowest BCUT2D eigenvalue weighted by Crippen LogP contribution is -2.58. The van der Waals surface area contributed by atoms with Gasteiger partial charge in [-0.25, -0.2) is 0 Å². The van der Waals surface area contributed by atoms with Gasteiger partial charge in [0, 0.05) is 13.1 Å². The van der Waals surface area contributed by atoms with Gasteiger partial charge in [0.05, 0.1) is 38.1 Å². The smallest absolute Gasteiger partial charge is 0.254 e. The summed E-state index contributed by atoms with van der Waals surface area (Å²) < 4.78 is 16.3. The molecule has 104 valence electrons. The van der Waals surface area contributed by atoms with Crippen LogP contribution in [0.3, 0.4) is 0 Å². The number of carbonyl (C=O) groups is 1. The molecule has 2 aliphatic rings. The van der Waals surface area contributed by atoms with E-state index in [0.29, 0.717) is 32.9 Å². The molecule has 2 atom stereocenters. The highest BCUT2D eigenvalue weighted by Crippen LogP contribution is 2.22. The topological polar surface area (TPSA) is 68.2 Å². The Morgan fingerprint density at radius 3 is 2.83 bits per heavy atom. The molecule has 0 saturated carbocycles. The van der Waals surface area contributed by atoms with Crippen molar-refractivity contribution in [2.24, 2.45) is 0 Å². The summed E-state index contributed by atoms with van der Waals surface area (Å²) in [6, 6.07) is 0. The van der Waals surface area contributed by atoms with E-state index in [1.54, 1.807) is 4.90 Å². The zero-order valence-corrected chi connectivity index (χ0v) is 10.9. The maximum Gasteiger partial charge on any atom is 0.254 e. The van der Waals surface area contributed by atoms with Crippen molar-refractivity contribution in [1.29, 1.82) is 0 Å². The molecule has 0 bridgehead atoms. The number of amides is 1. The summed E-state index contributed by atoms with van der Waals surface area (Å²) in [5.74, 6) is -0.0791. The van der Waals surface area contributed by atoms with Gasteiger partial charge in [0.25, 0.3) is 5.91 Å². The van der Waals surface area contributed by atoms with Gasteiger partial charge in [-0.15, -0.1) is 0 Å². The molecule has 0 aliphatic carbocycles.